The fourth-order valence-corrected chi connectivity index (χ4v) is 2.54. The summed E-state index contributed by atoms with van der Waals surface area (Å²) in [6.45, 7) is 8.91. The second-order valence-electron chi connectivity index (χ2n) is 5.46. The standard InChI is InChI=1S/C16H25N3O2/c1-2-18-7-9-19(10-8-18)12-15-5-3-14(4-6-15)11-17-16(21)13-20/h3-6,20H,2,7-13H2,1H3,(H,17,21). The predicted molar refractivity (Wildman–Crippen MR) is 82.8 cm³/mol. The van der Waals surface area contributed by atoms with E-state index < -0.39 is 6.61 Å². The van der Waals surface area contributed by atoms with Crippen LogP contribution in [-0.2, 0) is 17.9 Å². The van der Waals surface area contributed by atoms with Gasteiger partial charge in [-0.05, 0) is 17.7 Å². The van der Waals surface area contributed by atoms with E-state index in [9.17, 15) is 4.79 Å². The average Bonchev–Trinajstić information content (AvgIpc) is 2.54. The van der Waals surface area contributed by atoms with E-state index >= 15 is 0 Å². The van der Waals surface area contributed by atoms with Crippen molar-refractivity contribution in [1.82, 2.24) is 15.1 Å². The Morgan fingerprint density at radius 1 is 1.10 bits per heavy atom. The molecule has 1 saturated heterocycles. The van der Waals surface area contributed by atoms with E-state index in [0.29, 0.717) is 6.54 Å². The predicted octanol–water partition coefficient (Wildman–Crippen LogP) is 0.433. The molecule has 1 aromatic carbocycles. The van der Waals surface area contributed by atoms with Gasteiger partial charge in [0.2, 0.25) is 5.91 Å². The SMILES string of the molecule is CCN1CCN(Cc2ccc(CNC(=O)CO)cc2)CC1. The normalized spacial score (nSPS) is 16.9. The fourth-order valence-electron chi connectivity index (χ4n) is 2.54. The van der Waals surface area contributed by atoms with Crippen LogP contribution in [0.3, 0.4) is 0 Å². The second kappa shape index (κ2) is 8.12. The first-order valence-corrected chi connectivity index (χ1v) is 7.61. The lowest BCUT2D eigenvalue weighted by Gasteiger charge is -2.34. The number of nitrogens with one attached hydrogen (secondary N) is 1. The Morgan fingerprint density at radius 3 is 2.24 bits per heavy atom. The Bertz CT molecular complexity index is 439. The molecule has 0 spiro atoms. The molecular formula is C16H25N3O2. The number of rotatable bonds is 6. The summed E-state index contributed by atoms with van der Waals surface area (Å²) in [6, 6.07) is 8.31. The van der Waals surface area contributed by atoms with Gasteiger partial charge in [-0.1, -0.05) is 31.2 Å². The first-order valence-electron chi connectivity index (χ1n) is 7.61. The number of carbonyl (C=O) groups is 1. The summed E-state index contributed by atoms with van der Waals surface area (Å²) in [5.41, 5.74) is 2.36. The maximum Gasteiger partial charge on any atom is 0.245 e. The Hall–Kier alpha value is -1.43. The molecule has 0 aliphatic carbocycles. The summed E-state index contributed by atoms with van der Waals surface area (Å²) in [5, 5.41) is 11.3. The van der Waals surface area contributed by atoms with E-state index in [4.69, 9.17) is 5.11 Å². The molecule has 0 aromatic heterocycles. The van der Waals surface area contributed by atoms with Gasteiger partial charge in [0.05, 0.1) is 0 Å². The molecule has 1 heterocycles. The van der Waals surface area contributed by atoms with E-state index in [1.54, 1.807) is 0 Å². The summed E-state index contributed by atoms with van der Waals surface area (Å²) >= 11 is 0. The van der Waals surface area contributed by atoms with Crippen molar-refractivity contribution < 1.29 is 9.90 Å². The van der Waals surface area contributed by atoms with Crippen LogP contribution in [0.4, 0.5) is 0 Å². The highest BCUT2D eigenvalue weighted by atomic mass is 16.3. The van der Waals surface area contributed by atoms with Gasteiger partial charge in [0.15, 0.2) is 0 Å². The molecule has 1 aromatic rings. The highest BCUT2D eigenvalue weighted by Gasteiger charge is 2.15. The highest BCUT2D eigenvalue weighted by molar-refractivity contribution is 5.76. The van der Waals surface area contributed by atoms with E-state index in [2.05, 4.69) is 34.2 Å². The molecule has 0 unspecified atom stereocenters. The molecule has 0 atom stereocenters. The molecule has 2 N–H and O–H groups in total. The maximum absolute atomic E-state index is 11.0. The number of carbonyl (C=O) groups excluding carboxylic acids is 1. The molecule has 0 saturated carbocycles. The van der Waals surface area contributed by atoms with Gasteiger partial charge in [-0.3, -0.25) is 9.69 Å². The Balaban J connectivity index is 1.78. The summed E-state index contributed by atoms with van der Waals surface area (Å²) in [5.74, 6) is -0.340. The van der Waals surface area contributed by atoms with Gasteiger partial charge in [-0.25, -0.2) is 0 Å². The van der Waals surface area contributed by atoms with Gasteiger partial charge in [-0.2, -0.15) is 0 Å². The lowest BCUT2D eigenvalue weighted by atomic mass is 10.1. The molecule has 0 radical (unpaired) electrons. The molecule has 1 amide bonds. The Kier molecular flexibility index (Phi) is 6.17. The quantitative estimate of drug-likeness (QED) is 0.798. The monoisotopic (exact) mass is 291 g/mol. The summed E-state index contributed by atoms with van der Waals surface area (Å²) in [7, 11) is 0. The third-order valence-corrected chi connectivity index (χ3v) is 3.97. The fraction of sp³-hybridized carbons (Fsp3) is 0.562. The average molecular weight is 291 g/mol. The number of hydrogen-bond acceptors (Lipinski definition) is 4. The van der Waals surface area contributed by atoms with Crippen LogP contribution in [0.1, 0.15) is 18.1 Å². The zero-order chi connectivity index (χ0) is 15.1. The van der Waals surface area contributed by atoms with Crippen molar-refractivity contribution in [2.75, 3.05) is 39.3 Å². The minimum absolute atomic E-state index is 0.340. The Morgan fingerprint density at radius 2 is 1.67 bits per heavy atom. The topological polar surface area (TPSA) is 55.8 Å². The van der Waals surface area contributed by atoms with E-state index in [-0.39, 0.29) is 5.91 Å². The first kappa shape index (κ1) is 15.9. The molecule has 5 nitrogen and oxygen atoms in total. The van der Waals surface area contributed by atoms with Crippen molar-refractivity contribution in [3.05, 3.63) is 35.4 Å². The number of aliphatic hydroxyl groups excluding tert-OH is 1. The van der Waals surface area contributed by atoms with Crippen molar-refractivity contribution in [3.8, 4) is 0 Å². The number of likely N-dealkylation sites (N-methyl/N-ethyl adjacent to an activating group) is 1. The molecule has 2 rings (SSSR count). The van der Waals surface area contributed by atoms with Gasteiger partial charge < -0.3 is 15.3 Å². The zero-order valence-electron chi connectivity index (χ0n) is 12.7. The van der Waals surface area contributed by atoms with Crippen LogP contribution in [0.2, 0.25) is 0 Å². The van der Waals surface area contributed by atoms with Crippen LogP contribution < -0.4 is 5.32 Å². The van der Waals surface area contributed by atoms with Crippen LogP contribution in [0.25, 0.3) is 0 Å². The molecule has 1 fully saturated rings. The number of nitrogens with zero attached hydrogens (tertiary/aromatic N) is 2. The summed E-state index contributed by atoms with van der Waals surface area (Å²) in [4.78, 5) is 16.0. The zero-order valence-corrected chi connectivity index (χ0v) is 12.7. The van der Waals surface area contributed by atoms with E-state index in [1.165, 1.54) is 5.56 Å². The summed E-state index contributed by atoms with van der Waals surface area (Å²) in [6.07, 6.45) is 0. The molecule has 5 heteroatoms. The van der Waals surface area contributed by atoms with Gasteiger partial charge in [0, 0.05) is 39.3 Å². The van der Waals surface area contributed by atoms with Crippen molar-refractivity contribution in [2.24, 2.45) is 0 Å². The van der Waals surface area contributed by atoms with Crippen molar-refractivity contribution >= 4 is 5.91 Å². The molecule has 0 bridgehead atoms. The number of benzene rings is 1. The first-order chi connectivity index (χ1) is 10.2. The second-order valence-corrected chi connectivity index (χ2v) is 5.46. The molecule has 116 valence electrons. The van der Waals surface area contributed by atoms with Crippen LogP contribution in [-0.4, -0.2) is 60.1 Å². The van der Waals surface area contributed by atoms with Crippen molar-refractivity contribution in [1.29, 1.82) is 0 Å². The lowest BCUT2D eigenvalue weighted by Crippen LogP contribution is -2.45. The molecule has 21 heavy (non-hydrogen) atoms. The van der Waals surface area contributed by atoms with Gasteiger partial charge in [0.1, 0.15) is 6.61 Å². The van der Waals surface area contributed by atoms with Gasteiger partial charge in [-0.15, -0.1) is 0 Å². The molecular weight excluding hydrogens is 266 g/mol. The molecule has 1 aliphatic rings. The maximum atomic E-state index is 11.0. The van der Waals surface area contributed by atoms with Crippen molar-refractivity contribution in [3.63, 3.8) is 0 Å². The largest absolute Gasteiger partial charge is 0.387 e. The minimum Gasteiger partial charge on any atom is -0.387 e. The third-order valence-electron chi connectivity index (χ3n) is 3.97. The smallest absolute Gasteiger partial charge is 0.245 e. The number of aliphatic hydroxyl groups is 1. The lowest BCUT2D eigenvalue weighted by molar-refractivity contribution is -0.123. The van der Waals surface area contributed by atoms with Crippen LogP contribution in [0.15, 0.2) is 24.3 Å². The highest BCUT2D eigenvalue weighted by Crippen LogP contribution is 2.10. The van der Waals surface area contributed by atoms with Crippen molar-refractivity contribution in [2.45, 2.75) is 20.0 Å². The van der Waals surface area contributed by atoms with E-state index in [0.717, 1.165) is 44.8 Å². The van der Waals surface area contributed by atoms with Crippen LogP contribution in [0, 0.1) is 0 Å². The number of hydrogen-bond donors (Lipinski definition) is 2. The van der Waals surface area contributed by atoms with Crippen LogP contribution >= 0.6 is 0 Å². The van der Waals surface area contributed by atoms with Crippen LogP contribution in [0.5, 0.6) is 0 Å². The Labute approximate surface area is 126 Å². The molecule has 1 aliphatic heterocycles. The number of piperazine rings is 1. The third kappa shape index (κ3) is 5.12. The minimum atomic E-state index is -0.457. The van der Waals surface area contributed by atoms with E-state index in [1.807, 2.05) is 12.1 Å². The van der Waals surface area contributed by atoms with Gasteiger partial charge in [0.25, 0.3) is 0 Å². The van der Waals surface area contributed by atoms with Gasteiger partial charge >= 0.3 is 0 Å². The summed E-state index contributed by atoms with van der Waals surface area (Å²) < 4.78 is 0. The number of amides is 1.